The van der Waals surface area contributed by atoms with Crippen LogP contribution in [-0.4, -0.2) is 65.8 Å². The Kier molecular flexibility index (Phi) is 11.4. The first-order valence-electron chi connectivity index (χ1n) is 16.2. The number of hydrogen-bond acceptors (Lipinski definition) is 8. The summed E-state index contributed by atoms with van der Waals surface area (Å²) < 4.78 is 12.5. The van der Waals surface area contributed by atoms with Crippen molar-refractivity contribution in [1.29, 1.82) is 0 Å². The van der Waals surface area contributed by atoms with Crippen LogP contribution in [0.25, 0.3) is 11.3 Å². The van der Waals surface area contributed by atoms with E-state index in [1.54, 1.807) is 54.5 Å². The summed E-state index contributed by atoms with van der Waals surface area (Å²) in [5.41, 5.74) is 5.00. The van der Waals surface area contributed by atoms with Gasteiger partial charge in [-0.3, -0.25) is 9.59 Å². The molecule has 1 aromatic heterocycles. The molecule has 1 amide bonds. The standard InChI is InChI=1S/C37H43N5O5/c1-4-5-10-27(25-47-37(45)29-11-7-6-8-12-29)23-38-32-14-9-13-31(26(32)2)33-24-41(3)36(44)34(40-33)39-30-17-15-28(16-18-30)35(43)42-19-21-46-22-20-42/h6-9,11-18,24,27,38H,4-5,10,19-23,25H2,1-3H3,(H,39,40). The number of benzene rings is 3. The second-order valence-electron chi connectivity index (χ2n) is 11.8. The summed E-state index contributed by atoms with van der Waals surface area (Å²) in [7, 11) is 1.70. The molecule has 0 radical (unpaired) electrons. The highest BCUT2D eigenvalue weighted by atomic mass is 16.5. The highest BCUT2D eigenvalue weighted by Crippen LogP contribution is 2.28. The zero-order chi connectivity index (χ0) is 33.2. The topological polar surface area (TPSA) is 115 Å². The van der Waals surface area contributed by atoms with Gasteiger partial charge in [-0.25, -0.2) is 9.78 Å². The maximum absolute atomic E-state index is 13.1. The van der Waals surface area contributed by atoms with Crippen LogP contribution in [-0.2, 0) is 16.5 Å². The van der Waals surface area contributed by atoms with Gasteiger partial charge in [-0.2, -0.15) is 0 Å². The average molecular weight is 638 g/mol. The molecule has 0 aliphatic carbocycles. The van der Waals surface area contributed by atoms with Gasteiger partial charge in [0.15, 0.2) is 5.82 Å². The fourth-order valence-corrected chi connectivity index (χ4v) is 5.55. The van der Waals surface area contributed by atoms with Crippen LogP contribution >= 0.6 is 0 Å². The third-order valence-corrected chi connectivity index (χ3v) is 8.38. The van der Waals surface area contributed by atoms with Gasteiger partial charge in [0.25, 0.3) is 11.5 Å². The lowest BCUT2D eigenvalue weighted by Crippen LogP contribution is -2.40. The van der Waals surface area contributed by atoms with Gasteiger partial charge in [0.2, 0.25) is 0 Å². The van der Waals surface area contributed by atoms with Crippen LogP contribution in [0.4, 0.5) is 17.2 Å². The maximum atomic E-state index is 13.1. The summed E-state index contributed by atoms with van der Waals surface area (Å²) in [5, 5.41) is 6.72. The molecule has 0 spiro atoms. The Morgan fingerprint density at radius 2 is 1.72 bits per heavy atom. The Morgan fingerprint density at radius 1 is 0.979 bits per heavy atom. The number of aryl methyl sites for hydroxylation is 1. The summed E-state index contributed by atoms with van der Waals surface area (Å²) in [5.74, 6) is -0.0137. The number of carbonyl (C=O) groups excluding carboxylic acids is 2. The Bertz CT molecular complexity index is 1720. The van der Waals surface area contributed by atoms with Crippen molar-refractivity contribution in [2.45, 2.75) is 33.1 Å². The molecule has 246 valence electrons. The summed E-state index contributed by atoms with van der Waals surface area (Å²) in [4.78, 5) is 45.0. The average Bonchev–Trinajstić information content (AvgIpc) is 3.11. The van der Waals surface area contributed by atoms with Gasteiger partial charge < -0.3 is 29.6 Å². The molecule has 0 saturated carbocycles. The van der Waals surface area contributed by atoms with Gasteiger partial charge in [0.1, 0.15) is 0 Å². The summed E-state index contributed by atoms with van der Waals surface area (Å²) in [6, 6.07) is 22.1. The molecule has 47 heavy (non-hydrogen) atoms. The lowest BCUT2D eigenvalue weighted by molar-refractivity contribution is 0.0303. The Balaban J connectivity index is 1.28. The van der Waals surface area contributed by atoms with Crippen LogP contribution in [0.2, 0.25) is 0 Å². The highest BCUT2D eigenvalue weighted by Gasteiger charge is 2.19. The molecular weight excluding hydrogens is 594 g/mol. The number of morpholine rings is 1. The Hall–Kier alpha value is -4.96. The van der Waals surface area contributed by atoms with Gasteiger partial charge in [-0.15, -0.1) is 0 Å². The minimum absolute atomic E-state index is 0.0373. The van der Waals surface area contributed by atoms with Crippen molar-refractivity contribution < 1.29 is 19.1 Å². The molecule has 0 bridgehead atoms. The van der Waals surface area contributed by atoms with Gasteiger partial charge in [-0.05, 0) is 61.4 Å². The molecule has 4 aromatic rings. The zero-order valence-electron chi connectivity index (χ0n) is 27.3. The zero-order valence-corrected chi connectivity index (χ0v) is 27.3. The van der Waals surface area contributed by atoms with Gasteiger partial charge in [-0.1, -0.05) is 50.1 Å². The Labute approximate surface area is 275 Å². The molecule has 3 aromatic carbocycles. The Morgan fingerprint density at radius 3 is 2.45 bits per heavy atom. The van der Waals surface area contributed by atoms with Crippen molar-refractivity contribution in [1.82, 2.24) is 14.5 Å². The third kappa shape index (κ3) is 8.65. The SMILES string of the molecule is CCCCC(CNc1cccc(-c2cn(C)c(=O)c(Nc3ccc(C(=O)N4CCOCC4)cc3)n2)c1C)COC(=O)c1ccccc1. The lowest BCUT2D eigenvalue weighted by atomic mass is 10.0. The van der Waals surface area contributed by atoms with Crippen LogP contribution in [0.3, 0.4) is 0 Å². The van der Waals surface area contributed by atoms with E-state index < -0.39 is 0 Å². The maximum Gasteiger partial charge on any atom is 0.338 e. The lowest BCUT2D eigenvalue weighted by Gasteiger charge is -2.26. The number of rotatable bonds is 13. The number of nitrogens with zero attached hydrogens (tertiary/aromatic N) is 3. The minimum Gasteiger partial charge on any atom is -0.462 e. The van der Waals surface area contributed by atoms with Crippen molar-refractivity contribution in [3.8, 4) is 11.3 Å². The summed E-state index contributed by atoms with van der Waals surface area (Å²) in [6.45, 7) is 7.39. The molecule has 5 rings (SSSR count). The second-order valence-corrected chi connectivity index (χ2v) is 11.8. The van der Waals surface area contributed by atoms with E-state index in [1.807, 2.05) is 43.3 Å². The minimum atomic E-state index is -0.312. The van der Waals surface area contributed by atoms with Crippen LogP contribution in [0.1, 0.15) is 52.5 Å². The van der Waals surface area contributed by atoms with E-state index in [0.717, 1.165) is 36.1 Å². The molecule has 2 heterocycles. The number of aromatic nitrogens is 2. The van der Waals surface area contributed by atoms with Crippen molar-refractivity contribution in [3.05, 3.63) is 106 Å². The van der Waals surface area contributed by atoms with Crippen LogP contribution in [0.15, 0.2) is 83.8 Å². The predicted molar refractivity (Wildman–Crippen MR) is 184 cm³/mol. The number of anilines is 3. The van der Waals surface area contributed by atoms with E-state index >= 15 is 0 Å². The summed E-state index contributed by atoms with van der Waals surface area (Å²) >= 11 is 0. The van der Waals surface area contributed by atoms with E-state index in [0.29, 0.717) is 62.0 Å². The van der Waals surface area contributed by atoms with E-state index in [-0.39, 0.29) is 29.2 Å². The molecule has 1 unspecified atom stereocenters. The predicted octanol–water partition coefficient (Wildman–Crippen LogP) is 6.05. The fraction of sp³-hybridized carbons (Fsp3) is 0.351. The number of ether oxygens (including phenoxy) is 2. The highest BCUT2D eigenvalue weighted by molar-refractivity contribution is 5.94. The first-order valence-corrected chi connectivity index (χ1v) is 16.2. The third-order valence-electron chi connectivity index (χ3n) is 8.38. The van der Waals surface area contributed by atoms with Crippen molar-refractivity contribution in [2.75, 3.05) is 50.1 Å². The molecule has 2 N–H and O–H groups in total. The van der Waals surface area contributed by atoms with Crippen molar-refractivity contribution >= 4 is 29.1 Å². The molecule has 10 nitrogen and oxygen atoms in total. The van der Waals surface area contributed by atoms with Gasteiger partial charge in [0.05, 0.1) is 31.1 Å². The monoisotopic (exact) mass is 637 g/mol. The number of unbranched alkanes of at least 4 members (excludes halogenated alkanes) is 1. The number of hydrogen-bond donors (Lipinski definition) is 2. The molecule has 1 fully saturated rings. The fourth-order valence-electron chi connectivity index (χ4n) is 5.55. The summed E-state index contributed by atoms with van der Waals surface area (Å²) in [6.07, 6.45) is 4.77. The van der Waals surface area contributed by atoms with Crippen LogP contribution < -0.4 is 16.2 Å². The molecule has 1 aliphatic heterocycles. The number of amides is 1. The van der Waals surface area contributed by atoms with Crippen molar-refractivity contribution in [2.24, 2.45) is 13.0 Å². The smallest absolute Gasteiger partial charge is 0.338 e. The molecule has 10 heteroatoms. The molecular formula is C37H43N5O5. The first-order chi connectivity index (χ1) is 22.8. The normalized spacial score (nSPS) is 13.6. The number of nitrogens with one attached hydrogen (secondary N) is 2. The van der Waals surface area contributed by atoms with Crippen molar-refractivity contribution in [3.63, 3.8) is 0 Å². The largest absolute Gasteiger partial charge is 0.462 e. The number of carbonyl (C=O) groups is 2. The molecule has 1 aliphatic rings. The first kappa shape index (κ1) is 33.4. The quantitative estimate of drug-likeness (QED) is 0.171. The molecule has 1 atom stereocenters. The van der Waals surface area contributed by atoms with Crippen LogP contribution in [0.5, 0.6) is 0 Å². The van der Waals surface area contributed by atoms with E-state index in [4.69, 9.17) is 14.5 Å². The van der Waals surface area contributed by atoms with E-state index in [1.165, 1.54) is 4.57 Å². The molecule has 1 saturated heterocycles. The van der Waals surface area contributed by atoms with E-state index in [2.05, 4.69) is 17.6 Å². The van der Waals surface area contributed by atoms with E-state index in [9.17, 15) is 14.4 Å². The second kappa shape index (κ2) is 16.0. The van der Waals surface area contributed by atoms with Gasteiger partial charge >= 0.3 is 5.97 Å². The van der Waals surface area contributed by atoms with Gasteiger partial charge in [0, 0.05) is 61.3 Å². The van der Waals surface area contributed by atoms with Crippen LogP contribution in [0, 0.1) is 12.8 Å². The number of esters is 1.